The van der Waals surface area contributed by atoms with E-state index in [0.29, 0.717) is 0 Å². The molecule has 0 bridgehead atoms. The van der Waals surface area contributed by atoms with Gasteiger partial charge in [-0.25, -0.2) is 12.8 Å². The van der Waals surface area contributed by atoms with Gasteiger partial charge in [-0.3, -0.25) is 5.92 Å². The maximum atomic E-state index is 3.80. The molecule has 0 aromatic carbocycles. The van der Waals surface area contributed by atoms with Gasteiger partial charge in [0, 0.05) is 98.1 Å². The summed E-state index contributed by atoms with van der Waals surface area (Å²) < 4.78 is 0. The molecule has 3 radical (unpaired) electrons. The van der Waals surface area contributed by atoms with Crippen LogP contribution >= 0.6 is 0 Å². The molecule has 1 aliphatic carbocycles. The maximum Gasteiger partial charge on any atom is 2.00 e. The average Bonchev–Trinajstić information content (AvgIpc) is 2.34. The molecule has 75 valence electrons. The minimum absolute atomic E-state index is 0. The Morgan fingerprint density at radius 3 is 2.21 bits per heavy atom. The number of rotatable bonds is 3. The molecular formula is C10H18WY3-2. The first-order valence-corrected chi connectivity index (χ1v) is 3.89. The molecular weight excluding hydrogens is 571 g/mol. The Balaban J connectivity index is -0.0000000540. The normalized spacial score (nSPS) is 17.4. The fourth-order valence-electron chi connectivity index (χ4n) is 1.35. The fourth-order valence-corrected chi connectivity index (χ4v) is 1.35. The second-order valence-electron chi connectivity index (χ2n) is 2.71. The van der Waals surface area contributed by atoms with E-state index in [2.05, 4.69) is 19.8 Å². The van der Waals surface area contributed by atoms with Gasteiger partial charge in [0.15, 0.2) is 0 Å². The van der Waals surface area contributed by atoms with E-state index < -0.39 is 0 Å². The Labute approximate surface area is 181 Å². The predicted octanol–water partition coefficient (Wildman–Crippen LogP) is 3.25. The maximum absolute atomic E-state index is 3.80. The van der Waals surface area contributed by atoms with Crippen molar-refractivity contribution in [2.24, 2.45) is 5.92 Å². The van der Waals surface area contributed by atoms with Crippen LogP contribution in [0, 0.1) is 33.1 Å². The molecule has 1 rings (SSSR count). The third-order valence-electron chi connectivity index (χ3n) is 1.88. The van der Waals surface area contributed by atoms with Gasteiger partial charge in [-0.05, 0) is 0 Å². The number of unbranched alkanes of at least 4 members (excludes halogenated alkanes) is 1. The largest absolute Gasteiger partial charge is 2.00 e. The molecule has 0 amide bonds. The second kappa shape index (κ2) is 22.2. The molecule has 1 saturated carbocycles. The van der Waals surface area contributed by atoms with Gasteiger partial charge >= 0.3 is 21.1 Å². The summed E-state index contributed by atoms with van der Waals surface area (Å²) in [5.74, 6) is 0.826. The molecule has 0 heterocycles. The predicted molar refractivity (Wildman–Crippen MR) is 46.9 cm³/mol. The standard InChI is InChI=1S/C9H15.CH3.W.3Y/c1-2-3-6-9-7-4-5-8-9;;;;;/h6-7,9H,1-5,8H2;1H3;;;;/q-3;-1;+2;;;. The molecule has 0 aromatic heterocycles. The van der Waals surface area contributed by atoms with Crippen molar-refractivity contribution in [2.45, 2.75) is 32.1 Å². The summed E-state index contributed by atoms with van der Waals surface area (Å²) in [6.45, 7) is 3.80. The van der Waals surface area contributed by atoms with E-state index in [1.807, 2.05) is 0 Å². The van der Waals surface area contributed by atoms with Crippen molar-refractivity contribution in [3.63, 3.8) is 0 Å². The van der Waals surface area contributed by atoms with Crippen LogP contribution in [0.15, 0.2) is 0 Å². The van der Waals surface area contributed by atoms with E-state index in [0.717, 1.165) is 12.3 Å². The zero-order valence-corrected chi connectivity index (χ0v) is 20.6. The third kappa shape index (κ3) is 16.0. The minimum Gasteiger partial charge on any atom is -0.358 e. The van der Waals surface area contributed by atoms with Crippen molar-refractivity contribution in [1.82, 2.24) is 0 Å². The summed E-state index contributed by atoms with van der Waals surface area (Å²) in [6.07, 6.45) is 11.2. The average molecular weight is 589 g/mol. The van der Waals surface area contributed by atoms with Gasteiger partial charge in [0.05, 0.1) is 0 Å². The fraction of sp³-hybridized carbons (Fsp3) is 0.600. The Morgan fingerprint density at radius 2 is 1.86 bits per heavy atom. The Kier molecular flexibility index (Phi) is 48.8. The molecule has 1 fully saturated rings. The molecule has 14 heavy (non-hydrogen) atoms. The van der Waals surface area contributed by atoms with E-state index in [4.69, 9.17) is 0 Å². The summed E-state index contributed by atoms with van der Waals surface area (Å²) in [5, 5.41) is 0. The zero-order chi connectivity index (χ0) is 6.53. The minimum atomic E-state index is 0. The van der Waals surface area contributed by atoms with Crippen LogP contribution in [-0.4, -0.2) is 0 Å². The van der Waals surface area contributed by atoms with Crippen molar-refractivity contribution in [3.05, 3.63) is 27.2 Å². The molecule has 4 heteroatoms. The first kappa shape index (κ1) is 30.8. The van der Waals surface area contributed by atoms with Crippen molar-refractivity contribution in [1.29, 1.82) is 0 Å². The Bertz CT molecular complexity index is 75.8. The van der Waals surface area contributed by atoms with Crippen LogP contribution in [0.3, 0.4) is 0 Å². The van der Waals surface area contributed by atoms with Gasteiger partial charge in [0.1, 0.15) is 0 Å². The van der Waals surface area contributed by atoms with Gasteiger partial charge in [-0.15, -0.1) is 6.42 Å². The van der Waals surface area contributed by atoms with Crippen LogP contribution in [0.25, 0.3) is 0 Å². The first-order chi connectivity index (χ1) is 4.43. The number of hydrogen-bond acceptors (Lipinski definition) is 0. The molecule has 1 unspecified atom stereocenters. The molecule has 0 N–H and O–H groups in total. The topological polar surface area (TPSA) is 0 Å². The monoisotopic (exact) mass is 589 g/mol. The molecule has 0 spiro atoms. The van der Waals surface area contributed by atoms with Gasteiger partial charge in [-0.2, -0.15) is 6.42 Å². The van der Waals surface area contributed by atoms with E-state index in [1.165, 1.54) is 25.7 Å². The van der Waals surface area contributed by atoms with E-state index in [-0.39, 0.29) is 127 Å². The van der Waals surface area contributed by atoms with E-state index >= 15 is 0 Å². The summed E-state index contributed by atoms with van der Waals surface area (Å²) in [4.78, 5) is 0. The van der Waals surface area contributed by atoms with Crippen molar-refractivity contribution < 1.29 is 119 Å². The molecule has 0 nitrogen and oxygen atoms in total. The summed E-state index contributed by atoms with van der Waals surface area (Å²) >= 11 is 0. The number of hydrogen-bond donors (Lipinski definition) is 0. The van der Waals surface area contributed by atoms with Crippen molar-refractivity contribution >= 4 is 0 Å². The zero-order valence-electron chi connectivity index (χ0n) is 9.11. The van der Waals surface area contributed by atoms with Crippen LogP contribution in [-0.2, 0) is 119 Å². The summed E-state index contributed by atoms with van der Waals surface area (Å²) in [7, 11) is 0. The van der Waals surface area contributed by atoms with Crippen LogP contribution in [0.2, 0.25) is 0 Å². The van der Waals surface area contributed by atoms with E-state index in [1.54, 1.807) is 0 Å². The SMILES string of the molecule is [CH2-]CC[CH-]C1[CH-]CCC1.[CH3-].[W+2].[Y].[Y].[Y]. The molecule has 0 aromatic rings. The summed E-state index contributed by atoms with van der Waals surface area (Å²) in [6, 6.07) is 0. The Hall–Kier alpha value is 4.00. The molecule has 1 aliphatic rings. The van der Waals surface area contributed by atoms with Crippen molar-refractivity contribution in [2.75, 3.05) is 0 Å². The first-order valence-electron chi connectivity index (χ1n) is 3.89. The van der Waals surface area contributed by atoms with Crippen LogP contribution < -0.4 is 0 Å². The van der Waals surface area contributed by atoms with Gasteiger partial charge < -0.3 is 27.2 Å². The smallest absolute Gasteiger partial charge is 0.358 e. The molecule has 1 atom stereocenters. The quantitative estimate of drug-likeness (QED) is 0.445. The molecule has 0 aliphatic heterocycles. The van der Waals surface area contributed by atoms with Crippen molar-refractivity contribution in [3.8, 4) is 0 Å². The van der Waals surface area contributed by atoms with E-state index in [9.17, 15) is 0 Å². The second-order valence-corrected chi connectivity index (χ2v) is 2.71. The summed E-state index contributed by atoms with van der Waals surface area (Å²) in [5.41, 5.74) is 0. The van der Waals surface area contributed by atoms with Crippen LogP contribution in [0.5, 0.6) is 0 Å². The molecule has 0 saturated heterocycles. The van der Waals surface area contributed by atoms with Crippen LogP contribution in [0.1, 0.15) is 32.1 Å². The van der Waals surface area contributed by atoms with Gasteiger partial charge in [-0.1, -0.05) is 6.42 Å². The van der Waals surface area contributed by atoms with Crippen LogP contribution in [0.4, 0.5) is 0 Å². The third-order valence-corrected chi connectivity index (χ3v) is 1.88. The van der Waals surface area contributed by atoms with Gasteiger partial charge in [0.25, 0.3) is 0 Å². The Morgan fingerprint density at radius 1 is 1.29 bits per heavy atom. The van der Waals surface area contributed by atoms with Gasteiger partial charge in [0.2, 0.25) is 0 Å².